The molecule has 1 N–H and O–H groups in total. The van der Waals surface area contributed by atoms with Gasteiger partial charge in [0.1, 0.15) is 5.82 Å². The highest BCUT2D eigenvalue weighted by molar-refractivity contribution is 5.94. The van der Waals surface area contributed by atoms with Gasteiger partial charge >= 0.3 is 6.18 Å². The highest BCUT2D eigenvalue weighted by atomic mass is 19.4. The van der Waals surface area contributed by atoms with E-state index in [1.807, 2.05) is 0 Å². The van der Waals surface area contributed by atoms with Gasteiger partial charge in [0.05, 0.1) is 5.56 Å². The minimum atomic E-state index is -4.65. The van der Waals surface area contributed by atoms with E-state index in [4.69, 9.17) is 0 Å². The molecule has 1 heterocycles. The Kier molecular flexibility index (Phi) is 4.75. The van der Waals surface area contributed by atoms with E-state index in [-0.39, 0.29) is 31.5 Å². The Morgan fingerprint density at radius 3 is 2.45 bits per heavy atom. The number of aryl methyl sites for hydroxylation is 1. The van der Waals surface area contributed by atoms with Gasteiger partial charge in [-0.1, -0.05) is 11.6 Å². The van der Waals surface area contributed by atoms with Gasteiger partial charge in [-0.15, -0.1) is 0 Å². The molecule has 0 bridgehead atoms. The molecule has 0 saturated carbocycles. The number of alkyl halides is 3. The fraction of sp³-hybridized carbons (Fsp3) is 0.533. The summed E-state index contributed by atoms with van der Waals surface area (Å²) >= 11 is 0. The molecule has 1 aliphatic rings. The van der Waals surface area contributed by atoms with Crippen molar-refractivity contribution in [3.05, 3.63) is 35.1 Å². The molecule has 22 heavy (non-hydrogen) atoms. The monoisotopic (exact) mass is 319 g/mol. The molecule has 1 aromatic rings. The number of amides is 1. The van der Waals surface area contributed by atoms with Gasteiger partial charge in [-0.2, -0.15) is 13.2 Å². The number of benzene rings is 1. The van der Waals surface area contributed by atoms with Crippen molar-refractivity contribution >= 4 is 5.91 Å². The number of aliphatic hydroxyl groups excluding tert-OH is 1. The van der Waals surface area contributed by atoms with Crippen LogP contribution in [0.4, 0.5) is 17.6 Å². The van der Waals surface area contributed by atoms with E-state index in [1.54, 1.807) is 6.92 Å². The number of halogens is 4. The molecule has 0 aliphatic carbocycles. The fourth-order valence-corrected chi connectivity index (χ4v) is 2.66. The molecule has 1 aromatic carbocycles. The standard InChI is InChI=1S/C15H17F4NO2/c1-9-2-3-12(16)11(8-9)14(22)20-6-4-10(5-7-20)13(21)15(17,18)19/h2-3,8,10,13,21H,4-7H2,1H3. The fourth-order valence-electron chi connectivity index (χ4n) is 2.66. The largest absolute Gasteiger partial charge is 0.414 e. The number of carbonyl (C=O) groups is 1. The second kappa shape index (κ2) is 6.24. The molecule has 7 heteroatoms. The highest BCUT2D eigenvalue weighted by Crippen LogP contribution is 2.32. The summed E-state index contributed by atoms with van der Waals surface area (Å²) in [5, 5.41) is 9.24. The lowest BCUT2D eigenvalue weighted by molar-refractivity contribution is -0.222. The van der Waals surface area contributed by atoms with Gasteiger partial charge in [0.15, 0.2) is 6.10 Å². The minimum Gasteiger partial charge on any atom is -0.383 e. The maximum atomic E-state index is 13.7. The lowest BCUT2D eigenvalue weighted by Crippen LogP contribution is -2.45. The Morgan fingerprint density at radius 1 is 1.32 bits per heavy atom. The van der Waals surface area contributed by atoms with Crippen LogP contribution in [0.5, 0.6) is 0 Å². The normalized spacial score (nSPS) is 18.4. The number of hydrogen-bond donors (Lipinski definition) is 1. The third-order valence-corrected chi connectivity index (χ3v) is 3.96. The summed E-state index contributed by atoms with van der Waals surface area (Å²) in [5.74, 6) is -2.10. The molecular formula is C15H17F4NO2. The molecule has 1 amide bonds. The van der Waals surface area contributed by atoms with Gasteiger partial charge in [0.25, 0.3) is 5.91 Å². The predicted molar refractivity (Wildman–Crippen MR) is 71.8 cm³/mol. The summed E-state index contributed by atoms with van der Waals surface area (Å²) in [6.45, 7) is 1.87. The molecule has 1 atom stereocenters. The van der Waals surface area contributed by atoms with Gasteiger partial charge in [-0.3, -0.25) is 4.79 Å². The highest BCUT2D eigenvalue weighted by Gasteiger charge is 2.44. The zero-order valence-corrected chi connectivity index (χ0v) is 12.0. The number of aliphatic hydroxyl groups is 1. The Balaban J connectivity index is 2.02. The van der Waals surface area contributed by atoms with Crippen LogP contribution in [-0.2, 0) is 0 Å². The van der Waals surface area contributed by atoms with Crippen molar-refractivity contribution in [3.8, 4) is 0 Å². The molecule has 1 saturated heterocycles. The third-order valence-electron chi connectivity index (χ3n) is 3.96. The second-order valence-electron chi connectivity index (χ2n) is 5.60. The average molecular weight is 319 g/mol. The molecule has 1 aliphatic heterocycles. The number of hydrogen-bond acceptors (Lipinski definition) is 2. The summed E-state index contributed by atoms with van der Waals surface area (Å²) in [6.07, 6.45) is -6.94. The van der Waals surface area contributed by atoms with E-state index in [0.717, 1.165) is 5.56 Å². The van der Waals surface area contributed by atoms with E-state index in [9.17, 15) is 27.5 Å². The SMILES string of the molecule is Cc1ccc(F)c(C(=O)N2CCC(C(O)C(F)(F)F)CC2)c1. The smallest absolute Gasteiger partial charge is 0.383 e. The molecular weight excluding hydrogens is 302 g/mol. The van der Waals surface area contributed by atoms with Gasteiger partial charge in [0.2, 0.25) is 0 Å². The van der Waals surface area contributed by atoms with Crippen molar-refractivity contribution in [2.24, 2.45) is 5.92 Å². The molecule has 0 aromatic heterocycles. The predicted octanol–water partition coefficient (Wildman–Crippen LogP) is 2.91. The lowest BCUT2D eigenvalue weighted by atomic mass is 9.90. The van der Waals surface area contributed by atoms with Gasteiger partial charge < -0.3 is 10.0 Å². The third kappa shape index (κ3) is 3.58. The maximum absolute atomic E-state index is 13.7. The quantitative estimate of drug-likeness (QED) is 0.852. The van der Waals surface area contributed by atoms with Crippen LogP contribution >= 0.6 is 0 Å². The summed E-state index contributed by atoms with van der Waals surface area (Å²) < 4.78 is 51.1. The number of carbonyl (C=O) groups excluding carboxylic acids is 1. The molecule has 122 valence electrons. The summed E-state index contributed by atoms with van der Waals surface area (Å²) in [4.78, 5) is 13.6. The minimum absolute atomic E-state index is 0.0415. The molecule has 0 radical (unpaired) electrons. The van der Waals surface area contributed by atoms with Gasteiger partial charge in [0, 0.05) is 13.1 Å². The average Bonchev–Trinajstić information content (AvgIpc) is 2.47. The Labute approximate surface area is 125 Å². The van der Waals surface area contributed by atoms with Crippen LogP contribution in [0.15, 0.2) is 18.2 Å². The first kappa shape index (κ1) is 16.7. The summed E-state index contributed by atoms with van der Waals surface area (Å²) in [7, 11) is 0. The van der Waals surface area contributed by atoms with Gasteiger partial charge in [-0.05, 0) is 37.8 Å². The lowest BCUT2D eigenvalue weighted by Gasteiger charge is -2.34. The van der Waals surface area contributed by atoms with Crippen LogP contribution < -0.4 is 0 Å². The van der Waals surface area contributed by atoms with Crippen LogP contribution in [-0.4, -0.2) is 41.3 Å². The van der Waals surface area contributed by atoms with E-state index in [0.29, 0.717) is 0 Å². The summed E-state index contributed by atoms with van der Waals surface area (Å²) in [6, 6.07) is 4.16. The van der Waals surface area contributed by atoms with E-state index in [2.05, 4.69) is 0 Å². The van der Waals surface area contributed by atoms with E-state index >= 15 is 0 Å². The van der Waals surface area contributed by atoms with Crippen LogP contribution in [0, 0.1) is 18.7 Å². The van der Waals surface area contributed by atoms with Crippen molar-refractivity contribution in [2.45, 2.75) is 32.0 Å². The number of rotatable bonds is 2. The van der Waals surface area contributed by atoms with Crippen molar-refractivity contribution in [3.63, 3.8) is 0 Å². The van der Waals surface area contributed by atoms with Crippen LogP contribution in [0.25, 0.3) is 0 Å². The first-order chi connectivity index (χ1) is 10.2. The number of piperidine rings is 1. The maximum Gasteiger partial charge on any atom is 0.414 e. The van der Waals surface area contributed by atoms with Gasteiger partial charge in [-0.25, -0.2) is 4.39 Å². The van der Waals surface area contributed by atoms with Crippen LogP contribution in [0.2, 0.25) is 0 Å². The Morgan fingerprint density at radius 2 is 1.91 bits per heavy atom. The second-order valence-corrected chi connectivity index (χ2v) is 5.60. The van der Waals surface area contributed by atoms with Crippen molar-refractivity contribution in [2.75, 3.05) is 13.1 Å². The number of nitrogens with zero attached hydrogens (tertiary/aromatic N) is 1. The topological polar surface area (TPSA) is 40.5 Å². The van der Waals surface area contributed by atoms with Crippen molar-refractivity contribution in [1.29, 1.82) is 0 Å². The zero-order chi connectivity index (χ0) is 16.5. The molecule has 1 fully saturated rings. The van der Waals surface area contributed by atoms with Crippen LogP contribution in [0.1, 0.15) is 28.8 Å². The Bertz CT molecular complexity index is 551. The molecule has 0 spiro atoms. The first-order valence-corrected chi connectivity index (χ1v) is 7.00. The van der Waals surface area contributed by atoms with E-state index in [1.165, 1.54) is 23.1 Å². The number of likely N-dealkylation sites (tertiary alicyclic amines) is 1. The zero-order valence-electron chi connectivity index (χ0n) is 12.0. The van der Waals surface area contributed by atoms with Crippen molar-refractivity contribution in [1.82, 2.24) is 4.90 Å². The van der Waals surface area contributed by atoms with Crippen LogP contribution in [0.3, 0.4) is 0 Å². The first-order valence-electron chi connectivity index (χ1n) is 7.00. The molecule has 2 rings (SSSR count). The van der Waals surface area contributed by atoms with E-state index < -0.39 is 29.9 Å². The molecule has 1 unspecified atom stereocenters. The summed E-state index contributed by atoms with van der Waals surface area (Å²) in [5.41, 5.74) is 0.655. The Hall–Kier alpha value is -1.63. The molecule has 3 nitrogen and oxygen atoms in total. The van der Waals surface area contributed by atoms with Crippen molar-refractivity contribution < 1.29 is 27.5 Å².